The van der Waals surface area contributed by atoms with Crippen LogP contribution in [0.3, 0.4) is 0 Å². The van der Waals surface area contributed by atoms with E-state index in [9.17, 15) is 22.8 Å². The van der Waals surface area contributed by atoms with Crippen molar-refractivity contribution in [3.8, 4) is 0 Å². The Labute approximate surface area is 176 Å². The van der Waals surface area contributed by atoms with Crippen molar-refractivity contribution in [2.45, 2.75) is 44.7 Å². The van der Waals surface area contributed by atoms with Gasteiger partial charge in [0, 0.05) is 42.8 Å². The normalized spacial score (nSPS) is 18.6. The quantitative estimate of drug-likeness (QED) is 0.659. The highest BCUT2D eigenvalue weighted by atomic mass is 79.9. The van der Waals surface area contributed by atoms with E-state index in [1.807, 2.05) is 4.90 Å². The maximum atomic E-state index is 13.0. The Morgan fingerprint density at radius 2 is 1.69 bits per heavy atom. The number of nitrogens with zero attached hydrogens (tertiary/aromatic N) is 2. The predicted molar refractivity (Wildman–Crippen MR) is 108 cm³/mol. The molecular formula is C20H25BrF3N3O2. The molecule has 0 radical (unpaired) electrons. The fourth-order valence-electron chi connectivity index (χ4n) is 3.98. The van der Waals surface area contributed by atoms with Crippen molar-refractivity contribution in [3.63, 3.8) is 0 Å². The fraction of sp³-hybridized carbons (Fsp3) is 0.600. The molecule has 29 heavy (non-hydrogen) atoms. The lowest BCUT2D eigenvalue weighted by atomic mass is 10.0. The van der Waals surface area contributed by atoms with Gasteiger partial charge in [0.2, 0.25) is 5.91 Å². The van der Waals surface area contributed by atoms with Crippen molar-refractivity contribution in [3.05, 3.63) is 28.2 Å². The second-order valence-electron chi connectivity index (χ2n) is 7.70. The van der Waals surface area contributed by atoms with E-state index in [2.05, 4.69) is 21.2 Å². The molecule has 1 aliphatic heterocycles. The first-order valence-corrected chi connectivity index (χ1v) is 10.7. The Kier molecular flexibility index (Phi) is 7.08. The van der Waals surface area contributed by atoms with Crippen LogP contribution in [0.4, 0.5) is 23.7 Å². The molecular weight excluding hydrogens is 451 g/mol. The molecule has 2 aliphatic rings. The summed E-state index contributed by atoms with van der Waals surface area (Å²) in [6.45, 7) is 1.88. The monoisotopic (exact) mass is 475 g/mol. The van der Waals surface area contributed by atoms with Gasteiger partial charge in [-0.05, 0) is 43.4 Å². The third kappa shape index (κ3) is 5.87. The van der Waals surface area contributed by atoms with Crippen molar-refractivity contribution < 1.29 is 22.8 Å². The van der Waals surface area contributed by atoms with Gasteiger partial charge in [-0.25, -0.2) is 4.79 Å². The van der Waals surface area contributed by atoms with E-state index in [-0.39, 0.29) is 16.1 Å². The number of nitrogens with one attached hydrogen (secondary N) is 1. The molecule has 3 rings (SSSR count). The summed E-state index contributed by atoms with van der Waals surface area (Å²) in [6, 6.07) is 3.15. The first kappa shape index (κ1) is 21.9. The van der Waals surface area contributed by atoms with Crippen molar-refractivity contribution in [1.29, 1.82) is 0 Å². The zero-order valence-corrected chi connectivity index (χ0v) is 17.7. The maximum absolute atomic E-state index is 13.0. The molecule has 0 atom stereocenters. The molecule has 0 bridgehead atoms. The average molecular weight is 476 g/mol. The molecule has 160 valence electrons. The summed E-state index contributed by atoms with van der Waals surface area (Å²) in [4.78, 5) is 28.4. The molecule has 1 aromatic rings. The minimum Gasteiger partial charge on any atom is -0.341 e. The van der Waals surface area contributed by atoms with Crippen LogP contribution < -0.4 is 5.32 Å². The Balaban J connectivity index is 1.56. The number of amides is 3. The topological polar surface area (TPSA) is 52.7 Å². The molecule has 1 aromatic carbocycles. The van der Waals surface area contributed by atoms with E-state index >= 15 is 0 Å². The number of urea groups is 1. The lowest BCUT2D eigenvalue weighted by molar-refractivity contribution is -0.138. The number of anilines is 1. The van der Waals surface area contributed by atoms with Crippen LogP contribution in [0.25, 0.3) is 0 Å². The van der Waals surface area contributed by atoms with Crippen molar-refractivity contribution in [1.82, 2.24) is 9.80 Å². The van der Waals surface area contributed by atoms with Gasteiger partial charge in [0.15, 0.2) is 0 Å². The van der Waals surface area contributed by atoms with Gasteiger partial charge in [0.05, 0.1) is 5.56 Å². The molecule has 1 saturated heterocycles. The number of alkyl halides is 3. The smallest absolute Gasteiger partial charge is 0.341 e. The van der Waals surface area contributed by atoms with E-state index in [1.54, 1.807) is 4.90 Å². The fourth-order valence-corrected chi connectivity index (χ4v) is 4.45. The molecule has 0 unspecified atom stereocenters. The second-order valence-corrected chi connectivity index (χ2v) is 8.55. The average Bonchev–Trinajstić information content (AvgIpc) is 3.03. The number of benzene rings is 1. The summed E-state index contributed by atoms with van der Waals surface area (Å²) < 4.78 is 39.1. The molecule has 1 heterocycles. The Bertz CT molecular complexity index is 751. The molecule has 5 nitrogen and oxygen atoms in total. The number of hydrogen-bond donors (Lipinski definition) is 1. The SMILES string of the molecule is O=C(CC1CCCC1)N1CCCN(C(=O)Nc2ccc(Br)c(C(F)(F)F)c2)CC1. The number of halogens is 4. The molecule has 1 aliphatic carbocycles. The molecule has 1 saturated carbocycles. The third-order valence-corrected chi connectivity index (χ3v) is 6.29. The predicted octanol–water partition coefficient (Wildman–Crippen LogP) is 5.11. The van der Waals surface area contributed by atoms with E-state index < -0.39 is 17.8 Å². The molecule has 9 heteroatoms. The molecule has 2 fully saturated rings. The van der Waals surface area contributed by atoms with Crippen LogP contribution in [0, 0.1) is 5.92 Å². The van der Waals surface area contributed by atoms with Crippen LogP contribution in [0.5, 0.6) is 0 Å². The van der Waals surface area contributed by atoms with Crippen LogP contribution in [-0.2, 0) is 11.0 Å². The highest BCUT2D eigenvalue weighted by molar-refractivity contribution is 9.10. The summed E-state index contributed by atoms with van der Waals surface area (Å²) in [7, 11) is 0. The summed E-state index contributed by atoms with van der Waals surface area (Å²) >= 11 is 2.89. The van der Waals surface area contributed by atoms with Gasteiger partial charge >= 0.3 is 12.2 Å². The van der Waals surface area contributed by atoms with Crippen molar-refractivity contribution in [2.24, 2.45) is 5.92 Å². The van der Waals surface area contributed by atoms with Gasteiger partial charge in [0.1, 0.15) is 0 Å². The lowest BCUT2D eigenvalue weighted by Crippen LogP contribution is -2.39. The van der Waals surface area contributed by atoms with Crippen LogP contribution >= 0.6 is 15.9 Å². The first-order chi connectivity index (χ1) is 13.7. The van der Waals surface area contributed by atoms with Gasteiger partial charge in [0.25, 0.3) is 0 Å². The summed E-state index contributed by atoms with van der Waals surface area (Å²) in [5.74, 6) is 0.618. The largest absolute Gasteiger partial charge is 0.417 e. The third-order valence-electron chi connectivity index (χ3n) is 5.60. The van der Waals surface area contributed by atoms with Crippen LogP contribution in [0.1, 0.15) is 44.1 Å². The zero-order chi connectivity index (χ0) is 21.0. The number of hydrogen-bond acceptors (Lipinski definition) is 2. The minimum absolute atomic E-state index is 0.0748. The number of carbonyl (C=O) groups is 2. The minimum atomic E-state index is -4.51. The van der Waals surface area contributed by atoms with E-state index in [4.69, 9.17) is 0 Å². The van der Waals surface area contributed by atoms with Crippen LogP contribution in [0.2, 0.25) is 0 Å². The Morgan fingerprint density at radius 1 is 1.03 bits per heavy atom. The first-order valence-electron chi connectivity index (χ1n) is 9.94. The second kappa shape index (κ2) is 9.36. The van der Waals surface area contributed by atoms with Gasteiger partial charge in [-0.1, -0.05) is 28.8 Å². The van der Waals surface area contributed by atoms with Crippen LogP contribution in [-0.4, -0.2) is 47.9 Å². The highest BCUT2D eigenvalue weighted by Crippen LogP contribution is 2.36. The van der Waals surface area contributed by atoms with E-state index in [0.29, 0.717) is 44.9 Å². The molecule has 3 amide bonds. The highest BCUT2D eigenvalue weighted by Gasteiger charge is 2.33. The van der Waals surface area contributed by atoms with Gasteiger partial charge in [-0.15, -0.1) is 0 Å². The van der Waals surface area contributed by atoms with Crippen molar-refractivity contribution in [2.75, 3.05) is 31.5 Å². The summed E-state index contributed by atoms with van der Waals surface area (Å²) in [5.41, 5.74) is -0.751. The number of carbonyl (C=O) groups excluding carboxylic acids is 2. The van der Waals surface area contributed by atoms with E-state index in [0.717, 1.165) is 18.9 Å². The molecule has 0 aromatic heterocycles. The van der Waals surface area contributed by atoms with E-state index in [1.165, 1.54) is 25.0 Å². The lowest BCUT2D eigenvalue weighted by Gasteiger charge is -2.23. The molecule has 0 spiro atoms. The van der Waals surface area contributed by atoms with Crippen molar-refractivity contribution >= 4 is 33.6 Å². The summed E-state index contributed by atoms with van der Waals surface area (Å²) in [6.07, 6.45) is 1.32. The van der Waals surface area contributed by atoms with Gasteiger partial charge in [-0.2, -0.15) is 13.2 Å². The summed E-state index contributed by atoms with van der Waals surface area (Å²) in [5, 5.41) is 2.54. The Morgan fingerprint density at radius 3 is 2.38 bits per heavy atom. The zero-order valence-electron chi connectivity index (χ0n) is 16.1. The van der Waals surface area contributed by atoms with Gasteiger partial charge < -0.3 is 15.1 Å². The van der Waals surface area contributed by atoms with Gasteiger partial charge in [-0.3, -0.25) is 4.79 Å². The van der Waals surface area contributed by atoms with Crippen LogP contribution in [0.15, 0.2) is 22.7 Å². The standard InChI is InChI=1S/C20H25BrF3N3O2/c21-17-7-6-15(13-16(17)20(22,23)24)25-19(29)27-9-3-8-26(10-11-27)18(28)12-14-4-1-2-5-14/h6-7,13-14H,1-5,8-12H2,(H,25,29). The number of rotatable bonds is 3. The Hall–Kier alpha value is -1.77. The molecule has 1 N–H and O–H groups in total. The maximum Gasteiger partial charge on any atom is 0.417 e.